The van der Waals surface area contributed by atoms with Gasteiger partial charge >= 0.3 is 12.1 Å². The monoisotopic (exact) mass is 433 g/mol. The number of rotatable bonds is 3. The van der Waals surface area contributed by atoms with Crippen molar-refractivity contribution in [2.45, 2.75) is 44.9 Å². The van der Waals surface area contributed by atoms with E-state index in [0.717, 1.165) is 3.57 Å². The van der Waals surface area contributed by atoms with E-state index >= 15 is 0 Å². The van der Waals surface area contributed by atoms with Crippen LogP contribution < -0.4 is 4.74 Å². The molecule has 23 heavy (non-hydrogen) atoms. The van der Waals surface area contributed by atoms with Gasteiger partial charge < -0.3 is 14.6 Å². The summed E-state index contributed by atoms with van der Waals surface area (Å²) < 4.78 is 12.2. The number of likely N-dealkylation sites (tertiary alicyclic amines) is 1. The van der Waals surface area contributed by atoms with Gasteiger partial charge in [-0.3, -0.25) is 4.90 Å². The van der Waals surface area contributed by atoms with Gasteiger partial charge in [-0.1, -0.05) is 0 Å². The number of ether oxygens (including phenoxy) is 2. The molecule has 1 aromatic carbocycles. The molecular weight excluding hydrogens is 413 g/mol. The Kier molecular flexibility index (Phi) is 5.38. The van der Waals surface area contributed by atoms with Gasteiger partial charge in [0.2, 0.25) is 0 Å². The van der Waals surface area contributed by atoms with Gasteiger partial charge in [-0.2, -0.15) is 0 Å². The highest BCUT2D eigenvalue weighted by molar-refractivity contribution is 14.1. The van der Waals surface area contributed by atoms with Crippen LogP contribution in [0, 0.1) is 3.57 Å². The first-order chi connectivity index (χ1) is 10.7. The fourth-order valence-electron chi connectivity index (χ4n) is 2.34. The van der Waals surface area contributed by atoms with Gasteiger partial charge in [0.1, 0.15) is 23.5 Å². The standard InChI is InChI=1S/C16H20INO5/c1-16(2,3)23-15(21)18-9-12(8-13(18)14(19)20)22-11-6-4-10(17)5-7-11/h4-7,12-13H,8-9H2,1-3H3,(H,19,20)/t12-,13-/m0/s1. The zero-order valence-corrected chi connectivity index (χ0v) is 15.4. The minimum atomic E-state index is -1.05. The third kappa shape index (κ3) is 4.98. The summed E-state index contributed by atoms with van der Waals surface area (Å²) in [4.78, 5) is 24.8. The second-order valence-corrected chi connectivity index (χ2v) is 7.66. The van der Waals surface area contributed by atoms with Gasteiger partial charge in [-0.05, 0) is 67.6 Å². The number of halogens is 1. The summed E-state index contributed by atoms with van der Waals surface area (Å²) in [6, 6.07) is 6.54. The molecule has 0 aromatic heterocycles. The van der Waals surface area contributed by atoms with Crippen molar-refractivity contribution in [1.82, 2.24) is 4.90 Å². The maximum Gasteiger partial charge on any atom is 0.411 e. The number of nitrogens with zero attached hydrogens (tertiary/aromatic N) is 1. The van der Waals surface area contributed by atoms with Crippen LogP contribution in [0.4, 0.5) is 4.79 Å². The molecule has 1 aliphatic heterocycles. The number of carboxylic acids is 1. The number of carboxylic acid groups (broad SMARTS) is 1. The van der Waals surface area contributed by atoms with Crippen molar-refractivity contribution in [3.63, 3.8) is 0 Å². The molecule has 6 nitrogen and oxygen atoms in total. The van der Waals surface area contributed by atoms with E-state index in [4.69, 9.17) is 9.47 Å². The predicted molar refractivity (Wildman–Crippen MR) is 92.6 cm³/mol. The Labute approximate surface area is 148 Å². The number of hydrogen-bond donors (Lipinski definition) is 1. The Morgan fingerprint density at radius 3 is 2.39 bits per heavy atom. The van der Waals surface area contributed by atoms with Gasteiger partial charge in [-0.25, -0.2) is 9.59 Å². The van der Waals surface area contributed by atoms with E-state index < -0.39 is 23.7 Å². The first kappa shape index (κ1) is 17.8. The number of carbonyl (C=O) groups is 2. The zero-order chi connectivity index (χ0) is 17.2. The van der Waals surface area contributed by atoms with E-state index in [9.17, 15) is 14.7 Å². The number of aliphatic carboxylic acids is 1. The molecule has 0 aliphatic carbocycles. The van der Waals surface area contributed by atoms with E-state index in [1.807, 2.05) is 24.3 Å². The molecule has 0 bridgehead atoms. The van der Waals surface area contributed by atoms with Crippen molar-refractivity contribution >= 4 is 34.7 Å². The molecule has 126 valence electrons. The van der Waals surface area contributed by atoms with Crippen LogP contribution in [-0.2, 0) is 9.53 Å². The second-order valence-electron chi connectivity index (χ2n) is 6.42. The first-order valence-electron chi connectivity index (χ1n) is 7.30. The Morgan fingerprint density at radius 2 is 1.87 bits per heavy atom. The van der Waals surface area contributed by atoms with Crippen LogP contribution in [0.15, 0.2) is 24.3 Å². The van der Waals surface area contributed by atoms with Crippen LogP contribution in [0.1, 0.15) is 27.2 Å². The third-order valence-electron chi connectivity index (χ3n) is 3.29. The van der Waals surface area contributed by atoms with Crippen LogP contribution in [-0.4, -0.2) is 46.4 Å². The minimum Gasteiger partial charge on any atom is -0.488 e. The summed E-state index contributed by atoms with van der Waals surface area (Å²) >= 11 is 2.19. The van der Waals surface area contributed by atoms with Crippen LogP contribution in [0.3, 0.4) is 0 Å². The van der Waals surface area contributed by atoms with E-state index in [-0.39, 0.29) is 19.1 Å². The average Bonchev–Trinajstić information content (AvgIpc) is 2.84. The molecule has 1 N–H and O–H groups in total. The normalized spacial score (nSPS) is 21.1. The molecule has 1 heterocycles. The van der Waals surface area contributed by atoms with E-state index in [1.54, 1.807) is 20.8 Å². The van der Waals surface area contributed by atoms with E-state index in [2.05, 4.69) is 22.6 Å². The quantitative estimate of drug-likeness (QED) is 0.742. The number of hydrogen-bond acceptors (Lipinski definition) is 4. The maximum absolute atomic E-state index is 12.2. The Bertz CT molecular complexity index is 581. The van der Waals surface area contributed by atoms with Gasteiger partial charge in [0.05, 0.1) is 6.54 Å². The lowest BCUT2D eigenvalue weighted by Crippen LogP contribution is -2.43. The minimum absolute atomic E-state index is 0.192. The summed E-state index contributed by atoms with van der Waals surface area (Å²) in [5.74, 6) is -0.393. The molecule has 1 aromatic rings. The van der Waals surface area contributed by atoms with Crippen molar-refractivity contribution in [2.24, 2.45) is 0 Å². The summed E-state index contributed by atoms with van der Waals surface area (Å²) in [5, 5.41) is 9.35. The lowest BCUT2D eigenvalue weighted by atomic mass is 10.2. The van der Waals surface area contributed by atoms with Crippen LogP contribution >= 0.6 is 22.6 Å². The Hall–Kier alpha value is -1.51. The molecule has 0 radical (unpaired) electrons. The second kappa shape index (κ2) is 6.94. The molecule has 1 fully saturated rings. The SMILES string of the molecule is CC(C)(C)OC(=O)N1C[C@@H](Oc2ccc(I)cc2)C[C@H]1C(=O)O. The smallest absolute Gasteiger partial charge is 0.411 e. The van der Waals surface area contributed by atoms with Gasteiger partial charge in [-0.15, -0.1) is 0 Å². The topological polar surface area (TPSA) is 76.1 Å². The molecule has 1 aliphatic rings. The molecule has 0 saturated carbocycles. The fourth-order valence-corrected chi connectivity index (χ4v) is 2.70. The highest BCUT2D eigenvalue weighted by Crippen LogP contribution is 2.25. The van der Waals surface area contributed by atoms with E-state index in [1.165, 1.54) is 4.90 Å². The molecule has 0 unspecified atom stereocenters. The van der Waals surface area contributed by atoms with E-state index in [0.29, 0.717) is 5.75 Å². The highest BCUT2D eigenvalue weighted by Gasteiger charge is 2.42. The van der Waals surface area contributed by atoms with Crippen molar-refractivity contribution in [2.75, 3.05) is 6.54 Å². The predicted octanol–water partition coefficient (Wildman–Crippen LogP) is 3.13. The molecule has 2 rings (SSSR count). The van der Waals surface area contributed by atoms with Gasteiger partial charge in [0.25, 0.3) is 0 Å². The molecule has 0 spiro atoms. The van der Waals surface area contributed by atoms with Crippen molar-refractivity contribution in [3.8, 4) is 5.75 Å². The number of carbonyl (C=O) groups excluding carboxylic acids is 1. The van der Waals surface area contributed by atoms with Gasteiger partial charge in [0.15, 0.2) is 0 Å². The molecular formula is C16H20INO5. The van der Waals surface area contributed by atoms with Crippen LogP contribution in [0.25, 0.3) is 0 Å². The lowest BCUT2D eigenvalue weighted by Gasteiger charge is -2.26. The fraction of sp³-hybridized carbons (Fsp3) is 0.500. The van der Waals surface area contributed by atoms with Crippen molar-refractivity contribution in [3.05, 3.63) is 27.8 Å². The maximum atomic E-state index is 12.2. The average molecular weight is 433 g/mol. The Morgan fingerprint density at radius 1 is 1.26 bits per heavy atom. The van der Waals surface area contributed by atoms with Crippen LogP contribution in [0.5, 0.6) is 5.75 Å². The van der Waals surface area contributed by atoms with Crippen molar-refractivity contribution in [1.29, 1.82) is 0 Å². The van der Waals surface area contributed by atoms with Crippen molar-refractivity contribution < 1.29 is 24.2 Å². The summed E-state index contributed by atoms with van der Waals surface area (Å²) in [5.41, 5.74) is -0.671. The van der Waals surface area contributed by atoms with Gasteiger partial charge in [0, 0.05) is 9.99 Å². The summed E-state index contributed by atoms with van der Waals surface area (Å²) in [7, 11) is 0. The summed E-state index contributed by atoms with van der Waals surface area (Å²) in [6.07, 6.45) is -0.761. The summed E-state index contributed by atoms with van der Waals surface area (Å²) in [6.45, 7) is 5.43. The number of benzene rings is 1. The Balaban J connectivity index is 2.06. The molecule has 1 saturated heterocycles. The largest absolute Gasteiger partial charge is 0.488 e. The van der Waals surface area contributed by atoms with Crippen LogP contribution in [0.2, 0.25) is 0 Å². The zero-order valence-electron chi connectivity index (χ0n) is 13.3. The first-order valence-corrected chi connectivity index (χ1v) is 8.38. The lowest BCUT2D eigenvalue weighted by molar-refractivity contribution is -0.142. The molecule has 1 amide bonds. The molecule has 7 heteroatoms. The highest BCUT2D eigenvalue weighted by atomic mass is 127. The number of amides is 1. The third-order valence-corrected chi connectivity index (χ3v) is 4.01. The molecule has 2 atom stereocenters.